The lowest BCUT2D eigenvalue weighted by molar-refractivity contribution is 0.0716. The molecule has 25 heavy (non-hydrogen) atoms. The van der Waals surface area contributed by atoms with Gasteiger partial charge in [-0.1, -0.05) is 0 Å². The van der Waals surface area contributed by atoms with Crippen LogP contribution < -0.4 is 4.74 Å². The van der Waals surface area contributed by atoms with E-state index >= 15 is 0 Å². The zero-order valence-corrected chi connectivity index (χ0v) is 15.1. The molecule has 0 unspecified atom stereocenters. The van der Waals surface area contributed by atoms with Gasteiger partial charge in [-0.3, -0.25) is 4.55 Å². The van der Waals surface area contributed by atoms with E-state index in [1.54, 1.807) is 6.92 Å². The Hall–Kier alpha value is -1.73. The summed E-state index contributed by atoms with van der Waals surface area (Å²) in [6.45, 7) is 1.64. The van der Waals surface area contributed by atoms with Gasteiger partial charge in [-0.25, -0.2) is 13.6 Å². The second kappa shape index (κ2) is 6.88. The summed E-state index contributed by atoms with van der Waals surface area (Å²) in [5.74, 6) is -12.5. The fraction of sp³-hybridized carbons (Fsp3) is 0.0714. The van der Waals surface area contributed by atoms with E-state index in [9.17, 15) is 30.8 Å². The molecule has 5 nitrogen and oxygen atoms in total. The van der Waals surface area contributed by atoms with E-state index in [0.29, 0.717) is 5.56 Å². The number of rotatable bonds is 3. The highest BCUT2D eigenvalue weighted by Crippen LogP contribution is 2.33. The van der Waals surface area contributed by atoms with E-state index in [2.05, 4.69) is 4.74 Å². The van der Waals surface area contributed by atoms with Crippen molar-refractivity contribution in [2.24, 2.45) is 0 Å². The Labute approximate surface area is 152 Å². The summed E-state index contributed by atoms with van der Waals surface area (Å²) in [4.78, 5) is 9.70. The van der Waals surface area contributed by atoms with Crippen LogP contribution in [0.5, 0.6) is 5.75 Å². The van der Waals surface area contributed by atoms with Gasteiger partial charge in [0, 0.05) is 3.57 Å². The summed E-state index contributed by atoms with van der Waals surface area (Å²) in [5.41, 5.74) is 0.478. The Morgan fingerprint density at radius 2 is 1.60 bits per heavy atom. The van der Waals surface area contributed by atoms with Crippen LogP contribution in [0.15, 0.2) is 23.1 Å². The average molecular weight is 490 g/mol. The van der Waals surface area contributed by atoms with Crippen LogP contribution in [0, 0.1) is 33.8 Å². The second-order valence-electron chi connectivity index (χ2n) is 4.74. The third kappa shape index (κ3) is 3.77. The van der Waals surface area contributed by atoms with Gasteiger partial charge in [-0.15, -0.1) is 0 Å². The molecule has 2 rings (SSSR count). The summed E-state index contributed by atoms with van der Waals surface area (Å²) >= 11 is 1.97. The number of hydrogen-bond donors (Lipinski definition) is 1. The summed E-state index contributed by atoms with van der Waals surface area (Å²) < 4.78 is 90.4. The monoisotopic (exact) mass is 490 g/mol. The topological polar surface area (TPSA) is 80.7 Å². The van der Waals surface area contributed by atoms with E-state index in [4.69, 9.17) is 4.55 Å². The summed E-state index contributed by atoms with van der Waals surface area (Å²) in [6.07, 6.45) is 0. The van der Waals surface area contributed by atoms with Crippen molar-refractivity contribution in [2.75, 3.05) is 0 Å². The Balaban J connectivity index is 2.54. The lowest BCUT2D eigenvalue weighted by Crippen LogP contribution is -2.16. The minimum absolute atomic E-state index is 0.156. The molecule has 0 saturated heterocycles. The first-order chi connectivity index (χ1) is 11.4. The SMILES string of the molecule is Cc1cc(C(=O)Oc2c(F)c(F)c(S(=O)(=O)O)c(F)c2F)ccc1I. The molecule has 0 heterocycles. The minimum Gasteiger partial charge on any atom is -0.416 e. The molecular weight excluding hydrogens is 483 g/mol. The van der Waals surface area contributed by atoms with Crippen molar-refractivity contribution in [3.63, 3.8) is 0 Å². The molecule has 134 valence electrons. The first-order valence-electron chi connectivity index (χ1n) is 6.27. The fourth-order valence-corrected chi connectivity index (χ4v) is 2.80. The smallest absolute Gasteiger partial charge is 0.343 e. The maximum absolute atomic E-state index is 13.8. The Kier molecular flexibility index (Phi) is 5.39. The number of halogens is 5. The maximum atomic E-state index is 13.8. The van der Waals surface area contributed by atoms with Gasteiger partial charge in [-0.05, 0) is 53.3 Å². The lowest BCUT2D eigenvalue weighted by Gasteiger charge is -2.11. The van der Waals surface area contributed by atoms with E-state index < -0.39 is 50.0 Å². The molecule has 0 amide bonds. The largest absolute Gasteiger partial charge is 0.416 e. The van der Waals surface area contributed by atoms with Crippen LogP contribution >= 0.6 is 22.6 Å². The average Bonchev–Trinajstić information content (AvgIpc) is 2.51. The van der Waals surface area contributed by atoms with Crippen molar-refractivity contribution in [1.29, 1.82) is 0 Å². The van der Waals surface area contributed by atoms with Gasteiger partial charge in [-0.2, -0.15) is 17.2 Å². The molecule has 0 aromatic heterocycles. The summed E-state index contributed by atoms with van der Waals surface area (Å²) in [7, 11) is -5.59. The van der Waals surface area contributed by atoms with Gasteiger partial charge in [0.1, 0.15) is 0 Å². The van der Waals surface area contributed by atoms with E-state index in [0.717, 1.165) is 3.57 Å². The van der Waals surface area contributed by atoms with Crippen LogP contribution in [0.3, 0.4) is 0 Å². The summed E-state index contributed by atoms with van der Waals surface area (Å²) in [6, 6.07) is 4.08. The van der Waals surface area contributed by atoms with Gasteiger partial charge in [0.2, 0.25) is 17.4 Å². The van der Waals surface area contributed by atoms with Crippen molar-refractivity contribution in [3.8, 4) is 5.75 Å². The normalized spacial score (nSPS) is 11.5. The number of carbonyl (C=O) groups excluding carboxylic acids is 1. The zero-order chi connectivity index (χ0) is 19.1. The highest BCUT2D eigenvalue weighted by atomic mass is 127. The Bertz CT molecular complexity index is 962. The summed E-state index contributed by atoms with van der Waals surface area (Å²) in [5, 5.41) is 0. The van der Waals surface area contributed by atoms with E-state index in [1.165, 1.54) is 18.2 Å². The molecule has 0 bridgehead atoms. The van der Waals surface area contributed by atoms with Crippen LogP contribution in [0.25, 0.3) is 0 Å². The number of hydrogen-bond acceptors (Lipinski definition) is 4. The van der Waals surface area contributed by atoms with Gasteiger partial charge < -0.3 is 4.74 Å². The Morgan fingerprint density at radius 1 is 1.08 bits per heavy atom. The molecule has 0 spiro atoms. The standard InChI is InChI=1S/C14H7F4IO5S/c1-5-4-6(2-3-7(5)19)14(20)24-12-8(15)10(17)13(25(21,22)23)11(18)9(12)16/h2-4H,1H3,(H,21,22,23). The molecule has 0 atom stereocenters. The van der Waals surface area contributed by atoms with Gasteiger partial charge in [0.25, 0.3) is 0 Å². The van der Waals surface area contributed by atoms with Crippen molar-refractivity contribution < 1.29 is 40.1 Å². The molecule has 11 heteroatoms. The first-order valence-corrected chi connectivity index (χ1v) is 8.78. The molecule has 0 saturated carbocycles. The molecule has 0 aliphatic rings. The van der Waals surface area contributed by atoms with Crippen LogP contribution in [-0.2, 0) is 10.1 Å². The maximum Gasteiger partial charge on any atom is 0.343 e. The third-order valence-corrected chi connectivity index (χ3v) is 5.11. The number of carbonyl (C=O) groups is 1. The molecule has 2 aromatic carbocycles. The minimum atomic E-state index is -5.59. The Morgan fingerprint density at radius 3 is 2.04 bits per heavy atom. The molecule has 0 fully saturated rings. The number of benzene rings is 2. The van der Waals surface area contributed by atoms with E-state index in [1.807, 2.05) is 22.6 Å². The highest BCUT2D eigenvalue weighted by Gasteiger charge is 2.34. The molecule has 0 radical (unpaired) electrons. The predicted molar refractivity (Wildman–Crippen MR) is 84.9 cm³/mol. The van der Waals surface area contributed by atoms with Crippen molar-refractivity contribution in [3.05, 3.63) is 56.2 Å². The second-order valence-corrected chi connectivity index (χ2v) is 7.26. The molecule has 1 N–H and O–H groups in total. The fourth-order valence-electron chi connectivity index (χ4n) is 1.83. The highest BCUT2D eigenvalue weighted by molar-refractivity contribution is 14.1. The van der Waals surface area contributed by atoms with E-state index in [-0.39, 0.29) is 5.56 Å². The van der Waals surface area contributed by atoms with Crippen LogP contribution in [0.4, 0.5) is 17.6 Å². The van der Waals surface area contributed by atoms with Crippen LogP contribution in [0.2, 0.25) is 0 Å². The van der Waals surface area contributed by atoms with Gasteiger partial charge in [0.05, 0.1) is 5.56 Å². The van der Waals surface area contributed by atoms with Crippen molar-refractivity contribution >= 4 is 38.7 Å². The van der Waals surface area contributed by atoms with Crippen molar-refractivity contribution in [2.45, 2.75) is 11.8 Å². The molecule has 0 aliphatic carbocycles. The van der Waals surface area contributed by atoms with Crippen LogP contribution in [-0.4, -0.2) is 18.9 Å². The third-order valence-electron chi connectivity index (χ3n) is 3.03. The number of ether oxygens (including phenoxy) is 1. The molecule has 2 aromatic rings. The van der Waals surface area contributed by atoms with Gasteiger partial charge in [0.15, 0.2) is 16.5 Å². The lowest BCUT2D eigenvalue weighted by atomic mass is 10.1. The molecule has 0 aliphatic heterocycles. The first kappa shape index (κ1) is 19.6. The number of esters is 1. The van der Waals surface area contributed by atoms with Gasteiger partial charge >= 0.3 is 16.1 Å². The zero-order valence-electron chi connectivity index (χ0n) is 12.1. The van der Waals surface area contributed by atoms with Crippen LogP contribution in [0.1, 0.15) is 15.9 Å². The van der Waals surface area contributed by atoms with Crippen molar-refractivity contribution in [1.82, 2.24) is 0 Å². The quantitative estimate of drug-likeness (QED) is 0.178. The molecular formula is C14H7F4IO5S. The number of aryl methyl sites for hydroxylation is 1. The predicted octanol–water partition coefficient (Wildman–Crippen LogP) is 3.62.